The van der Waals surface area contributed by atoms with E-state index in [1.54, 1.807) is 13.3 Å². The van der Waals surface area contributed by atoms with E-state index in [-0.39, 0.29) is 5.56 Å². The van der Waals surface area contributed by atoms with Crippen molar-refractivity contribution in [2.75, 3.05) is 25.6 Å². The Bertz CT molecular complexity index is 599. The molecule has 0 bridgehead atoms. The maximum absolute atomic E-state index is 12.0. The molecule has 2 heterocycles. The molecule has 8 nitrogen and oxygen atoms in total. The number of hydrogen-bond acceptors (Lipinski definition) is 7. The van der Waals surface area contributed by atoms with Crippen molar-refractivity contribution in [1.29, 1.82) is 0 Å². The van der Waals surface area contributed by atoms with Crippen LogP contribution in [0.4, 0.5) is 5.69 Å². The Labute approximate surface area is 123 Å². The first-order valence-corrected chi connectivity index (χ1v) is 6.75. The fraction of sp³-hybridized carbons (Fsp3) is 0.455. The molecule has 0 spiro atoms. The fourth-order valence-corrected chi connectivity index (χ4v) is 1.98. The summed E-state index contributed by atoms with van der Waals surface area (Å²) in [4.78, 5) is 15.9. The lowest BCUT2D eigenvalue weighted by Gasteiger charge is -2.09. The van der Waals surface area contributed by atoms with Gasteiger partial charge >= 0.3 is 0 Å². The molecule has 20 heavy (non-hydrogen) atoms. The molecule has 0 saturated heterocycles. The Balaban J connectivity index is 1.98. The van der Waals surface area contributed by atoms with E-state index in [4.69, 9.17) is 9.26 Å². The molecule has 0 unspecified atom stereocenters. The molecule has 2 aromatic rings. The van der Waals surface area contributed by atoms with Gasteiger partial charge in [0.05, 0.1) is 25.0 Å². The molecule has 1 N–H and O–H groups in total. The van der Waals surface area contributed by atoms with Crippen LogP contribution in [0.5, 0.6) is 0 Å². The molecule has 0 aliphatic rings. The predicted molar refractivity (Wildman–Crippen MR) is 74.6 cm³/mol. The van der Waals surface area contributed by atoms with E-state index >= 15 is 0 Å². The largest absolute Gasteiger partial charge is 0.383 e. The van der Waals surface area contributed by atoms with Gasteiger partial charge < -0.3 is 14.6 Å². The number of rotatable bonds is 7. The zero-order valence-electron chi connectivity index (χ0n) is 10.9. The number of aromatic nitrogens is 4. The Hall–Kier alpha value is -1.74. The lowest BCUT2D eigenvalue weighted by atomic mass is 10.4. The van der Waals surface area contributed by atoms with Gasteiger partial charge in [0.1, 0.15) is 4.47 Å². The molecule has 0 fully saturated rings. The standard InChI is InChI=1S/C11H14BrN5O3/c1-19-5-4-17-11(18)10(12)8(6-15-17)13-3-2-9-14-7-16-20-9/h6-7,13H,2-5H2,1H3. The maximum Gasteiger partial charge on any atom is 0.283 e. The van der Waals surface area contributed by atoms with Crippen LogP contribution in [0.15, 0.2) is 26.3 Å². The molecule has 0 amide bonds. The van der Waals surface area contributed by atoms with Crippen LogP contribution in [-0.2, 0) is 17.7 Å². The van der Waals surface area contributed by atoms with Gasteiger partial charge in [0.25, 0.3) is 5.56 Å². The Morgan fingerprint density at radius 2 is 2.40 bits per heavy atom. The number of hydrogen-bond donors (Lipinski definition) is 1. The minimum Gasteiger partial charge on any atom is -0.383 e. The van der Waals surface area contributed by atoms with Crippen molar-refractivity contribution in [3.8, 4) is 0 Å². The van der Waals surface area contributed by atoms with Gasteiger partial charge in [0, 0.05) is 20.1 Å². The van der Waals surface area contributed by atoms with E-state index in [9.17, 15) is 4.79 Å². The Kier molecular flexibility index (Phi) is 5.24. The molecule has 2 rings (SSSR count). The third kappa shape index (κ3) is 3.64. The smallest absolute Gasteiger partial charge is 0.283 e. The van der Waals surface area contributed by atoms with Crippen molar-refractivity contribution in [2.45, 2.75) is 13.0 Å². The van der Waals surface area contributed by atoms with Crippen molar-refractivity contribution in [1.82, 2.24) is 19.9 Å². The minimum atomic E-state index is -0.204. The third-order valence-corrected chi connectivity index (χ3v) is 3.32. The normalized spacial score (nSPS) is 10.7. The van der Waals surface area contributed by atoms with Gasteiger partial charge in [-0.25, -0.2) is 4.68 Å². The fourth-order valence-electron chi connectivity index (χ4n) is 1.54. The summed E-state index contributed by atoms with van der Waals surface area (Å²) in [7, 11) is 1.58. The summed E-state index contributed by atoms with van der Waals surface area (Å²) >= 11 is 3.27. The summed E-state index contributed by atoms with van der Waals surface area (Å²) in [6.07, 6.45) is 3.51. The highest BCUT2D eigenvalue weighted by Gasteiger charge is 2.08. The summed E-state index contributed by atoms with van der Waals surface area (Å²) in [5.41, 5.74) is 0.424. The third-order valence-electron chi connectivity index (χ3n) is 2.55. The maximum atomic E-state index is 12.0. The van der Waals surface area contributed by atoms with Crippen LogP contribution in [0.25, 0.3) is 0 Å². The molecule has 9 heteroatoms. The summed E-state index contributed by atoms with van der Waals surface area (Å²) in [6, 6.07) is 0. The van der Waals surface area contributed by atoms with Gasteiger partial charge in [-0.2, -0.15) is 10.1 Å². The number of nitrogens with one attached hydrogen (secondary N) is 1. The summed E-state index contributed by atoms with van der Waals surface area (Å²) < 4.78 is 11.6. The SMILES string of the molecule is COCCn1ncc(NCCc2ncno2)c(Br)c1=O. The van der Waals surface area contributed by atoms with Crippen LogP contribution in [-0.4, -0.2) is 40.2 Å². The molecular weight excluding hydrogens is 330 g/mol. The van der Waals surface area contributed by atoms with E-state index in [1.807, 2.05) is 0 Å². The zero-order valence-corrected chi connectivity index (χ0v) is 12.5. The predicted octanol–water partition coefficient (Wildman–Crippen LogP) is 0.690. The lowest BCUT2D eigenvalue weighted by Crippen LogP contribution is -2.26. The second-order valence-electron chi connectivity index (χ2n) is 3.91. The summed E-state index contributed by atoms with van der Waals surface area (Å²) in [6.45, 7) is 1.41. The van der Waals surface area contributed by atoms with Crippen LogP contribution in [0.1, 0.15) is 5.89 Å². The van der Waals surface area contributed by atoms with Crippen molar-refractivity contribution in [3.05, 3.63) is 33.2 Å². The highest BCUT2D eigenvalue weighted by atomic mass is 79.9. The number of nitrogens with zero attached hydrogens (tertiary/aromatic N) is 4. The van der Waals surface area contributed by atoms with Gasteiger partial charge in [0.2, 0.25) is 5.89 Å². The quantitative estimate of drug-likeness (QED) is 0.790. The molecule has 0 radical (unpaired) electrons. The topological polar surface area (TPSA) is 95.1 Å². The highest BCUT2D eigenvalue weighted by molar-refractivity contribution is 9.10. The van der Waals surface area contributed by atoms with Crippen LogP contribution in [0.2, 0.25) is 0 Å². The number of anilines is 1. The molecule has 2 aromatic heterocycles. The molecule has 0 aliphatic heterocycles. The van der Waals surface area contributed by atoms with E-state index < -0.39 is 0 Å². The van der Waals surface area contributed by atoms with Gasteiger partial charge in [-0.3, -0.25) is 4.79 Å². The Morgan fingerprint density at radius 1 is 1.55 bits per heavy atom. The first kappa shape index (κ1) is 14.7. The van der Waals surface area contributed by atoms with Crippen LogP contribution >= 0.6 is 15.9 Å². The van der Waals surface area contributed by atoms with Crippen LogP contribution < -0.4 is 10.9 Å². The van der Waals surface area contributed by atoms with Crippen LogP contribution in [0, 0.1) is 0 Å². The monoisotopic (exact) mass is 343 g/mol. The van der Waals surface area contributed by atoms with E-state index in [0.29, 0.717) is 42.2 Å². The van der Waals surface area contributed by atoms with Gasteiger partial charge in [-0.15, -0.1) is 0 Å². The second-order valence-corrected chi connectivity index (χ2v) is 4.70. The summed E-state index contributed by atoms with van der Waals surface area (Å²) in [5.74, 6) is 0.537. The molecule has 0 saturated carbocycles. The minimum absolute atomic E-state index is 0.204. The van der Waals surface area contributed by atoms with Crippen LogP contribution in [0.3, 0.4) is 0 Å². The molecule has 0 atom stereocenters. The van der Waals surface area contributed by atoms with Crippen molar-refractivity contribution >= 4 is 21.6 Å². The van der Waals surface area contributed by atoms with Crippen molar-refractivity contribution < 1.29 is 9.26 Å². The number of ether oxygens (including phenoxy) is 1. The van der Waals surface area contributed by atoms with E-state index in [0.717, 1.165) is 0 Å². The lowest BCUT2D eigenvalue weighted by molar-refractivity contribution is 0.181. The number of methoxy groups -OCH3 is 1. The Morgan fingerprint density at radius 3 is 3.10 bits per heavy atom. The van der Waals surface area contributed by atoms with Crippen molar-refractivity contribution in [3.63, 3.8) is 0 Å². The van der Waals surface area contributed by atoms with Gasteiger partial charge in [0.15, 0.2) is 6.33 Å². The molecule has 108 valence electrons. The van der Waals surface area contributed by atoms with Crippen molar-refractivity contribution in [2.24, 2.45) is 0 Å². The average Bonchev–Trinajstić information content (AvgIpc) is 2.96. The number of halogens is 1. The molecule has 0 aromatic carbocycles. The van der Waals surface area contributed by atoms with Gasteiger partial charge in [-0.1, -0.05) is 5.16 Å². The van der Waals surface area contributed by atoms with E-state index in [1.165, 1.54) is 11.0 Å². The first-order chi connectivity index (χ1) is 9.72. The average molecular weight is 344 g/mol. The van der Waals surface area contributed by atoms with Gasteiger partial charge in [-0.05, 0) is 15.9 Å². The summed E-state index contributed by atoms with van der Waals surface area (Å²) in [5, 5.41) is 10.7. The highest BCUT2D eigenvalue weighted by Crippen LogP contribution is 2.15. The zero-order chi connectivity index (χ0) is 14.4. The molecule has 0 aliphatic carbocycles. The van der Waals surface area contributed by atoms with E-state index in [2.05, 4.69) is 36.5 Å². The first-order valence-electron chi connectivity index (χ1n) is 5.96. The second kappa shape index (κ2) is 7.15. The molecular formula is C11H14BrN5O3.